The van der Waals surface area contributed by atoms with Crippen LogP contribution in [0, 0.1) is 0 Å². The number of carbonyl (C=O) groups excluding carboxylic acids is 1. The molecule has 2 aromatic rings. The molecule has 0 saturated heterocycles. The maximum absolute atomic E-state index is 11.0. The first-order valence-electron chi connectivity index (χ1n) is 6.92. The molecule has 6 heteroatoms. The number of aromatic carboxylic acids is 1. The van der Waals surface area contributed by atoms with Crippen LogP contribution in [0.25, 0.3) is 11.0 Å². The molecule has 0 aliphatic rings. The number of nitrogens with zero attached hydrogens (tertiary/aromatic N) is 2. The standard InChI is InChI=1S/C15H19N3O3/c1-9(2)14-17-11-8-10(15(20)21)5-6-12(11)18(14)7-3-4-13(16)19/h5-6,8-9H,3-4,7H2,1-2H3,(H2,16,19)(H,20,21). The monoisotopic (exact) mass is 289 g/mol. The predicted molar refractivity (Wildman–Crippen MR) is 79.2 cm³/mol. The molecule has 0 aliphatic carbocycles. The summed E-state index contributed by atoms with van der Waals surface area (Å²) in [6.07, 6.45) is 0.964. The van der Waals surface area contributed by atoms with Gasteiger partial charge in [-0.25, -0.2) is 9.78 Å². The molecule has 0 unspecified atom stereocenters. The number of benzene rings is 1. The molecule has 112 valence electrons. The Bertz CT molecular complexity index is 689. The van der Waals surface area contributed by atoms with Crippen molar-refractivity contribution in [2.24, 2.45) is 5.73 Å². The summed E-state index contributed by atoms with van der Waals surface area (Å²) in [4.78, 5) is 26.4. The van der Waals surface area contributed by atoms with Crippen LogP contribution in [-0.2, 0) is 11.3 Å². The fourth-order valence-corrected chi connectivity index (χ4v) is 2.37. The van der Waals surface area contributed by atoms with Crippen molar-refractivity contribution in [1.82, 2.24) is 9.55 Å². The van der Waals surface area contributed by atoms with Gasteiger partial charge in [0, 0.05) is 18.9 Å². The minimum atomic E-state index is -0.966. The summed E-state index contributed by atoms with van der Waals surface area (Å²) in [6.45, 7) is 4.70. The van der Waals surface area contributed by atoms with Gasteiger partial charge in [-0.3, -0.25) is 4.79 Å². The predicted octanol–water partition coefficient (Wildman–Crippen LogP) is 2.12. The fraction of sp³-hybridized carbons (Fsp3) is 0.400. The van der Waals surface area contributed by atoms with Crippen molar-refractivity contribution in [2.45, 2.75) is 39.2 Å². The van der Waals surface area contributed by atoms with Crippen LogP contribution in [0.4, 0.5) is 0 Å². The summed E-state index contributed by atoms with van der Waals surface area (Å²) in [7, 11) is 0. The van der Waals surface area contributed by atoms with Crippen molar-refractivity contribution >= 4 is 22.9 Å². The van der Waals surface area contributed by atoms with Crippen molar-refractivity contribution < 1.29 is 14.7 Å². The lowest BCUT2D eigenvalue weighted by atomic mass is 10.2. The zero-order valence-electron chi connectivity index (χ0n) is 12.2. The van der Waals surface area contributed by atoms with Crippen LogP contribution in [0.2, 0.25) is 0 Å². The average Bonchev–Trinajstić information content (AvgIpc) is 2.76. The van der Waals surface area contributed by atoms with Gasteiger partial charge < -0.3 is 15.4 Å². The molecule has 1 aromatic carbocycles. The first kappa shape index (κ1) is 15.0. The minimum absolute atomic E-state index is 0.208. The molecule has 2 rings (SSSR count). The highest BCUT2D eigenvalue weighted by Crippen LogP contribution is 2.23. The SMILES string of the molecule is CC(C)c1nc2cc(C(=O)O)ccc2n1CCCC(N)=O. The van der Waals surface area contributed by atoms with Crippen molar-refractivity contribution in [1.29, 1.82) is 0 Å². The summed E-state index contributed by atoms with van der Waals surface area (Å²) in [5.74, 6) is -0.193. The molecule has 0 aliphatic heterocycles. The van der Waals surface area contributed by atoms with Gasteiger partial charge in [0.05, 0.1) is 16.6 Å². The molecule has 0 bridgehead atoms. The number of aryl methyl sites for hydroxylation is 1. The number of rotatable bonds is 6. The normalized spacial score (nSPS) is 11.2. The largest absolute Gasteiger partial charge is 0.478 e. The Labute approximate surface area is 122 Å². The van der Waals surface area contributed by atoms with Gasteiger partial charge in [0.2, 0.25) is 5.91 Å². The number of carboxylic acids is 1. The summed E-state index contributed by atoms with van der Waals surface area (Å²) in [6, 6.07) is 4.91. The van der Waals surface area contributed by atoms with E-state index in [-0.39, 0.29) is 17.4 Å². The number of fused-ring (bicyclic) bond motifs is 1. The van der Waals surface area contributed by atoms with Crippen LogP contribution >= 0.6 is 0 Å². The number of amides is 1. The fourth-order valence-electron chi connectivity index (χ4n) is 2.37. The highest BCUT2D eigenvalue weighted by Gasteiger charge is 2.15. The molecule has 1 heterocycles. The summed E-state index contributed by atoms with van der Waals surface area (Å²) >= 11 is 0. The number of nitrogens with two attached hydrogens (primary N) is 1. The van der Waals surface area contributed by atoms with Gasteiger partial charge in [0.1, 0.15) is 5.82 Å². The lowest BCUT2D eigenvalue weighted by Gasteiger charge is -2.10. The van der Waals surface area contributed by atoms with Crippen molar-refractivity contribution in [3.8, 4) is 0 Å². The van der Waals surface area contributed by atoms with E-state index < -0.39 is 5.97 Å². The Morgan fingerprint density at radius 2 is 2.10 bits per heavy atom. The number of carbonyl (C=O) groups is 2. The van der Waals surface area contributed by atoms with Crippen LogP contribution in [-0.4, -0.2) is 26.5 Å². The number of hydrogen-bond acceptors (Lipinski definition) is 3. The maximum atomic E-state index is 11.0. The Morgan fingerprint density at radius 3 is 2.67 bits per heavy atom. The highest BCUT2D eigenvalue weighted by molar-refractivity contribution is 5.92. The molecule has 1 aromatic heterocycles. The van der Waals surface area contributed by atoms with Gasteiger partial charge in [-0.1, -0.05) is 13.8 Å². The first-order chi connectivity index (χ1) is 9.90. The smallest absolute Gasteiger partial charge is 0.335 e. The molecule has 0 saturated carbocycles. The third kappa shape index (κ3) is 3.21. The minimum Gasteiger partial charge on any atom is -0.478 e. The molecular weight excluding hydrogens is 270 g/mol. The third-order valence-corrected chi connectivity index (χ3v) is 3.35. The molecular formula is C15H19N3O3. The van der Waals surface area contributed by atoms with Gasteiger partial charge in [-0.15, -0.1) is 0 Å². The molecule has 0 fully saturated rings. The Kier molecular flexibility index (Phi) is 4.26. The van der Waals surface area contributed by atoms with Crippen LogP contribution in [0.5, 0.6) is 0 Å². The summed E-state index contributed by atoms with van der Waals surface area (Å²) in [5, 5.41) is 9.05. The Morgan fingerprint density at radius 1 is 1.38 bits per heavy atom. The quantitative estimate of drug-likeness (QED) is 0.851. The van der Waals surface area contributed by atoms with E-state index >= 15 is 0 Å². The van der Waals surface area contributed by atoms with Crippen molar-refractivity contribution in [2.75, 3.05) is 0 Å². The molecule has 0 spiro atoms. The van der Waals surface area contributed by atoms with E-state index in [1.165, 1.54) is 0 Å². The van der Waals surface area contributed by atoms with E-state index in [0.29, 0.717) is 24.9 Å². The van der Waals surface area contributed by atoms with Crippen molar-refractivity contribution in [3.63, 3.8) is 0 Å². The number of hydrogen-bond donors (Lipinski definition) is 2. The Balaban J connectivity index is 2.42. The first-order valence-corrected chi connectivity index (χ1v) is 6.92. The number of aromatic nitrogens is 2. The van der Waals surface area contributed by atoms with E-state index in [4.69, 9.17) is 10.8 Å². The molecule has 6 nitrogen and oxygen atoms in total. The van der Waals surface area contributed by atoms with Gasteiger partial charge in [-0.05, 0) is 24.6 Å². The van der Waals surface area contributed by atoms with Crippen molar-refractivity contribution in [3.05, 3.63) is 29.6 Å². The van der Waals surface area contributed by atoms with Gasteiger partial charge in [0.25, 0.3) is 0 Å². The molecule has 3 N–H and O–H groups in total. The number of carboxylic acid groups (broad SMARTS) is 1. The molecule has 0 atom stereocenters. The maximum Gasteiger partial charge on any atom is 0.335 e. The van der Waals surface area contributed by atoms with Gasteiger partial charge in [-0.2, -0.15) is 0 Å². The van der Waals surface area contributed by atoms with E-state index in [1.807, 2.05) is 18.4 Å². The Hall–Kier alpha value is -2.37. The zero-order valence-corrected chi connectivity index (χ0v) is 12.2. The van der Waals surface area contributed by atoms with E-state index in [9.17, 15) is 9.59 Å². The van der Waals surface area contributed by atoms with E-state index in [2.05, 4.69) is 4.98 Å². The lowest BCUT2D eigenvalue weighted by molar-refractivity contribution is -0.118. The second-order valence-electron chi connectivity index (χ2n) is 5.35. The zero-order chi connectivity index (χ0) is 15.6. The average molecular weight is 289 g/mol. The third-order valence-electron chi connectivity index (χ3n) is 3.35. The second-order valence-corrected chi connectivity index (χ2v) is 5.35. The van der Waals surface area contributed by atoms with E-state index in [0.717, 1.165) is 11.3 Å². The van der Waals surface area contributed by atoms with Gasteiger partial charge >= 0.3 is 5.97 Å². The molecule has 0 radical (unpaired) electrons. The summed E-state index contributed by atoms with van der Waals surface area (Å²) in [5.41, 5.74) is 6.94. The highest BCUT2D eigenvalue weighted by atomic mass is 16.4. The molecule has 21 heavy (non-hydrogen) atoms. The topological polar surface area (TPSA) is 98.2 Å². The second kappa shape index (κ2) is 5.95. The van der Waals surface area contributed by atoms with Crippen LogP contribution in [0.3, 0.4) is 0 Å². The number of primary amides is 1. The van der Waals surface area contributed by atoms with Crippen LogP contribution in [0.1, 0.15) is 48.8 Å². The lowest BCUT2D eigenvalue weighted by Crippen LogP contribution is -2.12. The van der Waals surface area contributed by atoms with Crippen LogP contribution < -0.4 is 5.73 Å². The van der Waals surface area contributed by atoms with Gasteiger partial charge in [0.15, 0.2) is 0 Å². The van der Waals surface area contributed by atoms with E-state index in [1.54, 1.807) is 18.2 Å². The van der Waals surface area contributed by atoms with Crippen LogP contribution in [0.15, 0.2) is 18.2 Å². The number of imidazole rings is 1. The molecule has 1 amide bonds. The summed E-state index contributed by atoms with van der Waals surface area (Å²) < 4.78 is 2.04.